The van der Waals surface area contributed by atoms with Crippen molar-refractivity contribution >= 4 is 11.7 Å². The molecule has 0 unspecified atom stereocenters. The molecule has 17 heavy (non-hydrogen) atoms. The van der Waals surface area contributed by atoms with Crippen LogP contribution in [-0.4, -0.2) is 33.1 Å². The van der Waals surface area contributed by atoms with E-state index in [-0.39, 0.29) is 18.1 Å². The van der Waals surface area contributed by atoms with E-state index >= 15 is 0 Å². The molecule has 2 rings (SSSR count). The van der Waals surface area contributed by atoms with Crippen LogP contribution in [0.1, 0.15) is 36.2 Å². The Balaban J connectivity index is 1.96. The average molecular weight is 236 g/mol. The standard InChI is InChI=1S/C11H16N4O2/c12-9-8(13-5-6-14-9)10(16)15-7-11(17)3-1-2-4-11/h5-6,17H,1-4,7H2,(H2,12,14)(H,15,16). The summed E-state index contributed by atoms with van der Waals surface area (Å²) in [5, 5.41) is 12.7. The highest BCUT2D eigenvalue weighted by molar-refractivity contribution is 5.96. The molecule has 0 spiro atoms. The first kappa shape index (κ1) is 11.8. The van der Waals surface area contributed by atoms with Gasteiger partial charge < -0.3 is 16.2 Å². The normalized spacial score (nSPS) is 17.9. The lowest BCUT2D eigenvalue weighted by molar-refractivity contribution is 0.0448. The number of carbonyl (C=O) groups excluding carboxylic acids is 1. The van der Waals surface area contributed by atoms with E-state index in [0.29, 0.717) is 0 Å². The van der Waals surface area contributed by atoms with Crippen LogP contribution >= 0.6 is 0 Å². The summed E-state index contributed by atoms with van der Waals surface area (Å²) in [5.41, 5.74) is 4.88. The van der Waals surface area contributed by atoms with Crippen LogP contribution in [0.3, 0.4) is 0 Å². The number of amides is 1. The summed E-state index contributed by atoms with van der Waals surface area (Å²) in [7, 11) is 0. The molecule has 92 valence electrons. The number of nitrogens with two attached hydrogens (primary N) is 1. The van der Waals surface area contributed by atoms with Crippen LogP contribution in [-0.2, 0) is 0 Å². The molecule has 0 atom stereocenters. The molecular weight excluding hydrogens is 220 g/mol. The zero-order valence-electron chi connectivity index (χ0n) is 9.52. The quantitative estimate of drug-likeness (QED) is 0.690. The molecule has 1 aromatic heterocycles. The molecule has 0 aliphatic heterocycles. The molecule has 0 aromatic carbocycles. The SMILES string of the molecule is Nc1nccnc1C(=O)NCC1(O)CCCC1. The Labute approximate surface area is 99.3 Å². The number of nitrogens with one attached hydrogen (secondary N) is 1. The number of nitrogens with zero attached hydrogens (tertiary/aromatic N) is 2. The number of nitrogen functional groups attached to an aromatic ring is 1. The topological polar surface area (TPSA) is 101 Å². The first-order valence-corrected chi connectivity index (χ1v) is 5.68. The molecule has 1 aliphatic rings. The molecule has 1 heterocycles. The predicted molar refractivity (Wildman–Crippen MR) is 62.2 cm³/mol. The lowest BCUT2D eigenvalue weighted by Gasteiger charge is -2.22. The summed E-state index contributed by atoms with van der Waals surface area (Å²) < 4.78 is 0. The van der Waals surface area contributed by atoms with Gasteiger partial charge in [0.15, 0.2) is 11.5 Å². The fourth-order valence-electron chi connectivity index (χ4n) is 2.06. The van der Waals surface area contributed by atoms with E-state index in [1.807, 2.05) is 0 Å². The lowest BCUT2D eigenvalue weighted by Crippen LogP contribution is -2.41. The van der Waals surface area contributed by atoms with Crippen molar-refractivity contribution in [3.05, 3.63) is 18.1 Å². The van der Waals surface area contributed by atoms with Gasteiger partial charge in [0.25, 0.3) is 5.91 Å². The van der Waals surface area contributed by atoms with Gasteiger partial charge >= 0.3 is 0 Å². The zero-order chi connectivity index (χ0) is 12.3. The van der Waals surface area contributed by atoms with Gasteiger partial charge in [-0.1, -0.05) is 12.8 Å². The van der Waals surface area contributed by atoms with Gasteiger partial charge in [-0.2, -0.15) is 0 Å². The minimum absolute atomic E-state index is 0.100. The summed E-state index contributed by atoms with van der Waals surface area (Å²) in [4.78, 5) is 19.4. The Bertz CT molecular complexity index is 416. The molecule has 6 nitrogen and oxygen atoms in total. The van der Waals surface area contributed by atoms with Crippen molar-refractivity contribution in [2.24, 2.45) is 0 Å². The molecule has 0 saturated heterocycles. The smallest absolute Gasteiger partial charge is 0.273 e. The van der Waals surface area contributed by atoms with Gasteiger partial charge in [-0.15, -0.1) is 0 Å². The number of aliphatic hydroxyl groups is 1. The van der Waals surface area contributed by atoms with E-state index < -0.39 is 11.5 Å². The molecule has 6 heteroatoms. The van der Waals surface area contributed by atoms with Gasteiger partial charge in [0, 0.05) is 18.9 Å². The molecule has 4 N–H and O–H groups in total. The molecule has 1 aliphatic carbocycles. The molecule has 1 saturated carbocycles. The highest BCUT2D eigenvalue weighted by Gasteiger charge is 2.31. The van der Waals surface area contributed by atoms with Crippen LogP contribution in [0.4, 0.5) is 5.82 Å². The monoisotopic (exact) mass is 236 g/mol. The Morgan fingerprint density at radius 3 is 2.71 bits per heavy atom. The van der Waals surface area contributed by atoms with Crippen molar-refractivity contribution < 1.29 is 9.90 Å². The summed E-state index contributed by atoms with van der Waals surface area (Å²) in [6.07, 6.45) is 6.29. The summed E-state index contributed by atoms with van der Waals surface area (Å²) in [5.74, 6) is -0.292. The predicted octanol–water partition coefficient (Wildman–Crippen LogP) is 0.0937. The fraction of sp³-hybridized carbons (Fsp3) is 0.545. The van der Waals surface area contributed by atoms with E-state index in [9.17, 15) is 9.90 Å². The van der Waals surface area contributed by atoms with Crippen LogP contribution in [0.2, 0.25) is 0 Å². The van der Waals surface area contributed by atoms with Crippen molar-refractivity contribution in [1.29, 1.82) is 0 Å². The Morgan fingerprint density at radius 1 is 1.41 bits per heavy atom. The van der Waals surface area contributed by atoms with Gasteiger partial charge in [0.05, 0.1) is 5.60 Å². The van der Waals surface area contributed by atoms with Crippen LogP contribution in [0.25, 0.3) is 0 Å². The number of aromatic nitrogens is 2. The Morgan fingerprint density at radius 2 is 2.06 bits per heavy atom. The van der Waals surface area contributed by atoms with Gasteiger partial charge in [0.1, 0.15) is 0 Å². The number of hydrogen-bond donors (Lipinski definition) is 3. The van der Waals surface area contributed by atoms with Crippen molar-refractivity contribution in [2.45, 2.75) is 31.3 Å². The van der Waals surface area contributed by atoms with Crippen LogP contribution in [0, 0.1) is 0 Å². The third-order valence-corrected chi connectivity index (χ3v) is 3.05. The van der Waals surface area contributed by atoms with E-state index in [0.717, 1.165) is 25.7 Å². The average Bonchev–Trinajstić information content (AvgIpc) is 2.74. The number of hydrogen-bond acceptors (Lipinski definition) is 5. The van der Waals surface area contributed by atoms with E-state index in [4.69, 9.17) is 5.73 Å². The third kappa shape index (κ3) is 2.71. The molecular formula is C11H16N4O2. The highest BCUT2D eigenvalue weighted by Crippen LogP contribution is 2.28. The molecule has 1 aromatic rings. The first-order chi connectivity index (χ1) is 8.11. The molecule has 0 radical (unpaired) electrons. The summed E-state index contributed by atoms with van der Waals surface area (Å²) >= 11 is 0. The van der Waals surface area contributed by atoms with Gasteiger partial charge in [-0.3, -0.25) is 4.79 Å². The maximum Gasteiger partial charge on any atom is 0.273 e. The van der Waals surface area contributed by atoms with Crippen molar-refractivity contribution in [2.75, 3.05) is 12.3 Å². The van der Waals surface area contributed by atoms with Crippen LogP contribution in [0.15, 0.2) is 12.4 Å². The minimum atomic E-state index is -0.771. The van der Waals surface area contributed by atoms with E-state index in [1.54, 1.807) is 0 Å². The van der Waals surface area contributed by atoms with Crippen molar-refractivity contribution in [3.8, 4) is 0 Å². The molecule has 0 bridgehead atoms. The highest BCUT2D eigenvalue weighted by atomic mass is 16.3. The molecule has 1 fully saturated rings. The lowest BCUT2D eigenvalue weighted by atomic mass is 10.0. The second-order valence-electron chi connectivity index (χ2n) is 4.40. The third-order valence-electron chi connectivity index (χ3n) is 3.05. The maximum absolute atomic E-state index is 11.8. The number of rotatable bonds is 3. The molecule has 1 amide bonds. The fourth-order valence-corrected chi connectivity index (χ4v) is 2.06. The maximum atomic E-state index is 11.8. The second kappa shape index (κ2) is 4.67. The van der Waals surface area contributed by atoms with E-state index in [2.05, 4.69) is 15.3 Å². The van der Waals surface area contributed by atoms with Crippen molar-refractivity contribution in [1.82, 2.24) is 15.3 Å². The van der Waals surface area contributed by atoms with Gasteiger partial charge in [-0.25, -0.2) is 9.97 Å². The number of anilines is 1. The largest absolute Gasteiger partial charge is 0.388 e. The first-order valence-electron chi connectivity index (χ1n) is 5.68. The summed E-state index contributed by atoms with van der Waals surface area (Å²) in [6.45, 7) is 0.238. The van der Waals surface area contributed by atoms with Gasteiger partial charge in [-0.05, 0) is 12.8 Å². The number of carbonyl (C=O) groups is 1. The minimum Gasteiger partial charge on any atom is -0.388 e. The Hall–Kier alpha value is -1.69. The second-order valence-corrected chi connectivity index (χ2v) is 4.40. The van der Waals surface area contributed by atoms with Crippen molar-refractivity contribution in [3.63, 3.8) is 0 Å². The Kier molecular flexibility index (Phi) is 3.23. The summed E-state index contributed by atoms with van der Waals surface area (Å²) in [6, 6.07) is 0. The zero-order valence-corrected chi connectivity index (χ0v) is 9.52. The van der Waals surface area contributed by atoms with Crippen LogP contribution < -0.4 is 11.1 Å². The van der Waals surface area contributed by atoms with E-state index in [1.165, 1.54) is 12.4 Å². The van der Waals surface area contributed by atoms with Crippen LogP contribution in [0.5, 0.6) is 0 Å². The van der Waals surface area contributed by atoms with Gasteiger partial charge in [0.2, 0.25) is 0 Å².